The fourth-order valence-electron chi connectivity index (χ4n) is 1.30. The molecule has 0 fully saturated rings. The third-order valence-electron chi connectivity index (χ3n) is 2.14. The van der Waals surface area contributed by atoms with Crippen molar-refractivity contribution in [3.63, 3.8) is 0 Å². The molecule has 0 aromatic carbocycles. The second-order valence-corrected chi connectivity index (χ2v) is 4.63. The van der Waals surface area contributed by atoms with Gasteiger partial charge in [0.1, 0.15) is 6.04 Å². The van der Waals surface area contributed by atoms with Gasteiger partial charge in [0.2, 0.25) is 0 Å². The number of aromatic nitrogens is 1. The van der Waals surface area contributed by atoms with Gasteiger partial charge in [0.15, 0.2) is 0 Å². The second-order valence-electron chi connectivity index (χ2n) is 3.51. The average molecular weight is 313 g/mol. The van der Waals surface area contributed by atoms with Crippen LogP contribution in [0.5, 0.6) is 0 Å². The van der Waals surface area contributed by atoms with Crippen LogP contribution in [0.25, 0.3) is 0 Å². The Labute approximate surface area is 113 Å². The van der Waals surface area contributed by atoms with Crippen molar-refractivity contribution in [1.29, 1.82) is 0 Å². The molecule has 0 radical (unpaired) electrons. The van der Waals surface area contributed by atoms with Crippen molar-refractivity contribution in [2.75, 3.05) is 7.11 Å². The number of rotatable bonds is 5. The molecule has 96 valence electrons. The number of nitrogens with zero attached hydrogens (tertiary/aromatic N) is 1. The van der Waals surface area contributed by atoms with Crippen LogP contribution in [0.15, 0.2) is 35.6 Å². The molecule has 0 aliphatic carbocycles. The number of ether oxygens (including phenoxy) is 1. The zero-order valence-corrected chi connectivity index (χ0v) is 11.4. The predicted octanol–water partition coefficient (Wildman–Crippen LogP) is 1.65. The van der Waals surface area contributed by atoms with E-state index in [1.165, 1.54) is 13.3 Å². The fourth-order valence-corrected chi connectivity index (χ4v) is 1.62. The van der Waals surface area contributed by atoms with Crippen LogP contribution in [0.2, 0.25) is 0 Å². The SMILES string of the molecule is C=C(Br)C[C@@H](NC(=O)c1cccnc1)C(=O)OC. The molecular formula is C12H13BrN2O3. The second kappa shape index (κ2) is 6.90. The number of hydrogen-bond donors (Lipinski definition) is 1. The normalized spacial score (nSPS) is 11.4. The number of nitrogens with one attached hydrogen (secondary N) is 1. The highest BCUT2D eigenvalue weighted by atomic mass is 79.9. The molecule has 1 heterocycles. The van der Waals surface area contributed by atoms with Gasteiger partial charge in [-0.3, -0.25) is 9.78 Å². The first-order valence-electron chi connectivity index (χ1n) is 5.16. The molecule has 0 aliphatic heterocycles. The maximum Gasteiger partial charge on any atom is 0.328 e. The molecule has 1 rings (SSSR count). The Balaban J connectivity index is 2.74. The first-order chi connectivity index (χ1) is 8.54. The van der Waals surface area contributed by atoms with Crippen LogP contribution in [0.4, 0.5) is 0 Å². The number of methoxy groups -OCH3 is 1. The van der Waals surface area contributed by atoms with Gasteiger partial charge in [-0.1, -0.05) is 22.5 Å². The van der Waals surface area contributed by atoms with Crippen molar-refractivity contribution in [3.8, 4) is 0 Å². The Kier molecular flexibility index (Phi) is 5.51. The number of amides is 1. The summed E-state index contributed by atoms with van der Waals surface area (Å²) in [5, 5.41) is 2.57. The highest BCUT2D eigenvalue weighted by Gasteiger charge is 2.22. The minimum absolute atomic E-state index is 0.263. The molecule has 0 saturated heterocycles. The number of pyridine rings is 1. The van der Waals surface area contributed by atoms with Gasteiger partial charge in [0.05, 0.1) is 12.7 Å². The molecule has 0 aliphatic rings. The summed E-state index contributed by atoms with van der Waals surface area (Å²) in [4.78, 5) is 27.2. The number of carbonyl (C=O) groups excluding carboxylic acids is 2. The summed E-state index contributed by atoms with van der Waals surface area (Å²) in [6.45, 7) is 3.64. The summed E-state index contributed by atoms with van der Waals surface area (Å²) < 4.78 is 5.22. The summed E-state index contributed by atoms with van der Waals surface area (Å²) >= 11 is 3.15. The van der Waals surface area contributed by atoms with E-state index in [4.69, 9.17) is 0 Å². The van der Waals surface area contributed by atoms with E-state index in [2.05, 4.69) is 37.5 Å². The lowest BCUT2D eigenvalue weighted by atomic mass is 10.2. The van der Waals surface area contributed by atoms with E-state index in [1.807, 2.05) is 0 Å². The maximum atomic E-state index is 11.9. The van der Waals surface area contributed by atoms with Crippen LogP contribution in [0, 0.1) is 0 Å². The van der Waals surface area contributed by atoms with Gasteiger partial charge < -0.3 is 10.1 Å². The van der Waals surface area contributed by atoms with Crippen LogP contribution >= 0.6 is 15.9 Å². The summed E-state index contributed by atoms with van der Waals surface area (Å²) in [5.74, 6) is -0.903. The first-order valence-corrected chi connectivity index (χ1v) is 5.96. The Morgan fingerprint density at radius 2 is 2.33 bits per heavy atom. The monoisotopic (exact) mass is 312 g/mol. The summed E-state index contributed by atoms with van der Waals surface area (Å²) in [6, 6.07) is 2.49. The molecule has 1 atom stereocenters. The van der Waals surface area contributed by atoms with Crippen molar-refractivity contribution in [3.05, 3.63) is 41.2 Å². The molecule has 1 aromatic rings. The molecule has 1 amide bonds. The van der Waals surface area contributed by atoms with Crippen molar-refractivity contribution < 1.29 is 14.3 Å². The zero-order valence-electron chi connectivity index (χ0n) is 9.85. The zero-order chi connectivity index (χ0) is 13.5. The van der Waals surface area contributed by atoms with Gasteiger partial charge in [-0.25, -0.2) is 4.79 Å². The van der Waals surface area contributed by atoms with Crippen molar-refractivity contribution in [1.82, 2.24) is 10.3 Å². The smallest absolute Gasteiger partial charge is 0.328 e. The van der Waals surface area contributed by atoms with Crippen LogP contribution in [-0.4, -0.2) is 30.0 Å². The van der Waals surface area contributed by atoms with Gasteiger partial charge in [-0.2, -0.15) is 0 Å². The Morgan fingerprint density at radius 3 is 2.83 bits per heavy atom. The Bertz CT molecular complexity index is 448. The quantitative estimate of drug-likeness (QED) is 0.839. The highest BCUT2D eigenvalue weighted by molar-refractivity contribution is 9.11. The van der Waals surface area contributed by atoms with Gasteiger partial charge in [0.25, 0.3) is 5.91 Å². The first kappa shape index (κ1) is 14.4. The molecule has 18 heavy (non-hydrogen) atoms. The number of esters is 1. The van der Waals surface area contributed by atoms with Gasteiger partial charge in [0, 0.05) is 18.8 Å². The predicted molar refractivity (Wildman–Crippen MR) is 70.2 cm³/mol. The van der Waals surface area contributed by atoms with Crippen LogP contribution in [0.1, 0.15) is 16.8 Å². The Morgan fingerprint density at radius 1 is 1.61 bits per heavy atom. The molecule has 0 saturated carbocycles. The van der Waals surface area contributed by atoms with Gasteiger partial charge in [-0.15, -0.1) is 0 Å². The molecule has 5 nitrogen and oxygen atoms in total. The lowest BCUT2D eigenvalue weighted by Crippen LogP contribution is -2.41. The van der Waals surface area contributed by atoms with E-state index in [1.54, 1.807) is 18.3 Å². The molecule has 0 unspecified atom stereocenters. The Hall–Kier alpha value is -1.69. The van der Waals surface area contributed by atoms with E-state index < -0.39 is 12.0 Å². The number of halogens is 1. The lowest BCUT2D eigenvalue weighted by molar-refractivity contribution is -0.142. The number of carbonyl (C=O) groups is 2. The summed E-state index contributed by atoms with van der Waals surface area (Å²) in [5.41, 5.74) is 0.381. The minimum Gasteiger partial charge on any atom is -0.467 e. The standard InChI is InChI=1S/C12H13BrN2O3/c1-8(13)6-10(12(17)18-2)15-11(16)9-4-3-5-14-7-9/h3-5,7,10H,1,6H2,2H3,(H,15,16)/t10-/m1/s1. The van der Waals surface area contributed by atoms with Crippen molar-refractivity contribution in [2.45, 2.75) is 12.5 Å². The third-order valence-corrected chi connectivity index (χ3v) is 2.46. The van der Waals surface area contributed by atoms with E-state index in [9.17, 15) is 9.59 Å². The van der Waals surface area contributed by atoms with Crippen molar-refractivity contribution >= 4 is 27.8 Å². The average Bonchev–Trinajstić information content (AvgIpc) is 2.37. The topological polar surface area (TPSA) is 68.3 Å². The molecule has 1 N–H and O–H groups in total. The van der Waals surface area contributed by atoms with Crippen molar-refractivity contribution in [2.24, 2.45) is 0 Å². The molecule has 0 spiro atoms. The van der Waals surface area contributed by atoms with E-state index in [0.29, 0.717) is 10.0 Å². The minimum atomic E-state index is -0.769. The molecule has 0 bridgehead atoms. The third kappa shape index (κ3) is 4.29. The van der Waals surface area contributed by atoms with E-state index >= 15 is 0 Å². The van der Waals surface area contributed by atoms with Crippen LogP contribution in [-0.2, 0) is 9.53 Å². The molecule has 1 aromatic heterocycles. The van der Waals surface area contributed by atoms with Crippen LogP contribution in [0.3, 0.4) is 0 Å². The maximum absolute atomic E-state index is 11.9. The lowest BCUT2D eigenvalue weighted by Gasteiger charge is -2.15. The summed E-state index contributed by atoms with van der Waals surface area (Å²) in [6.07, 6.45) is 3.25. The van der Waals surface area contributed by atoms with Gasteiger partial charge >= 0.3 is 5.97 Å². The fraction of sp³-hybridized carbons (Fsp3) is 0.250. The summed E-state index contributed by atoms with van der Waals surface area (Å²) in [7, 11) is 1.27. The van der Waals surface area contributed by atoms with E-state index in [-0.39, 0.29) is 12.3 Å². The molecular weight excluding hydrogens is 300 g/mol. The molecule has 6 heteroatoms. The van der Waals surface area contributed by atoms with Crippen LogP contribution < -0.4 is 5.32 Å². The van der Waals surface area contributed by atoms with E-state index in [0.717, 1.165) is 0 Å². The number of hydrogen-bond acceptors (Lipinski definition) is 4. The highest BCUT2D eigenvalue weighted by Crippen LogP contribution is 2.11. The van der Waals surface area contributed by atoms with Gasteiger partial charge in [-0.05, 0) is 16.6 Å². The largest absolute Gasteiger partial charge is 0.467 e.